The number of aromatic nitrogens is 2. The second-order valence-electron chi connectivity index (χ2n) is 7.79. The van der Waals surface area contributed by atoms with Crippen molar-refractivity contribution < 1.29 is 9.59 Å². The van der Waals surface area contributed by atoms with E-state index in [4.69, 9.17) is 0 Å². The molecule has 0 aliphatic heterocycles. The zero-order valence-corrected chi connectivity index (χ0v) is 16.6. The Hall–Kier alpha value is -3.15. The molecule has 4 rings (SSSR count). The molecule has 3 N–H and O–H groups in total. The van der Waals surface area contributed by atoms with Crippen LogP contribution in [0.1, 0.15) is 39.0 Å². The Balaban J connectivity index is 1.42. The number of hydrogen-bond acceptors (Lipinski definition) is 3. The van der Waals surface area contributed by atoms with Gasteiger partial charge in [-0.25, -0.2) is 4.98 Å². The lowest BCUT2D eigenvalue weighted by Gasteiger charge is -2.17. The van der Waals surface area contributed by atoms with Crippen LogP contribution in [0.5, 0.6) is 0 Å². The Kier molecular flexibility index (Phi) is 5.60. The molecule has 0 saturated heterocycles. The summed E-state index contributed by atoms with van der Waals surface area (Å²) >= 11 is 0. The number of imidazole rings is 1. The first-order chi connectivity index (χ1) is 14.1. The van der Waals surface area contributed by atoms with E-state index in [0.29, 0.717) is 11.5 Å². The molecular weight excluding hydrogens is 364 g/mol. The van der Waals surface area contributed by atoms with E-state index >= 15 is 0 Å². The minimum atomic E-state index is -0.207. The lowest BCUT2D eigenvalue weighted by molar-refractivity contribution is -0.125. The van der Waals surface area contributed by atoms with Crippen molar-refractivity contribution in [1.82, 2.24) is 15.3 Å². The van der Waals surface area contributed by atoms with Gasteiger partial charge in [0.05, 0.1) is 16.7 Å². The van der Waals surface area contributed by atoms with E-state index in [2.05, 4.69) is 20.6 Å². The van der Waals surface area contributed by atoms with E-state index in [0.717, 1.165) is 42.3 Å². The lowest BCUT2D eigenvalue weighted by Crippen LogP contribution is -2.38. The number of benzene rings is 2. The Morgan fingerprint density at radius 1 is 1.10 bits per heavy atom. The molecule has 0 bridgehead atoms. The number of nitrogens with one attached hydrogen (secondary N) is 3. The number of carbonyl (C=O) groups is 2. The zero-order valence-electron chi connectivity index (χ0n) is 16.6. The van der Waals surface area contributed by atoms with Crippen molar-refractivity contribution in [2.75, 3.05) is 5.32 Å². The lowest BCUT2D eigenvalue weighted by atomic mass is 10.1. The van der Waals surface area contributed by atoms with E-state index in [1.165, 1.54) is 0 Å². The third kappa shape index (κ3) is 4.47. The molecular formula is C23H26N4O2. The molecule has 6 heteroatoms. The standard InChI is InChI=1S/C23H26N4O2/c1-15(24-23(29)16-8-2-3-9-16)14-21(28)25-18-11-5-4-10-17(18)22-26-19-12-6-7-13-20(19)27-22/h4-7,10-13,15-16H,2-3,8-9,14H2,1H3,(H,24,29)(H,25,28)(H,26,27). The summed E-state index contributed by atoms with van der Waals surface area (Å²) in [5.41, 5.74) is 3.37. The third-order valence-electron chi connectivity index (χ3n) is 5.45. The number of fused-ring (bicyclic) bond motifs is 1. The molecule has 1 fully saturated rings. The van der Waals surface area contributed by atoms with Gasteiger partial charge in [0.1, 0.15) is 5.82 Å². The average molecular weight is 390 g/mol. The monoisotopic (exact) mass is 390 g/mol. The van der Waals surface area contributed by atoms with Crippen LogP contribution in [0.15, 0.2) is 48.5 Å². The summed E-state index contributed by atoms with van der Waals surface area (Å²) < 4.78 is 0. The summed E-state index contributed by atoms with van der Waals surface area (Å²) in [5.74, 6) is 0.761. The molecule has 1 aliphatic carbocycles. The van der Waals surface area contributed by atoms with Gasteiger partial charge in [-0.1, -0.05) is 37.1 Å². The predicted molar refractivity (Wildman–Crippen MR) is 114 cm³/mol. The fourth-order valence-electron chi connectivity index (χ4n) is 3.96. The summed E-state index contributed by atoms with van der Waals surface area (Å²) in [7, 11) is 0. The van der Waals surface area contributed by atoms with Crippen LogP contribution in [0.2, 0.25) is 0 Å². The number of rotatable bonds is 6. The van der Waals surface area contributed by atoms with Gasteiger partial charge in [-0.3, -0.25) is 9.59 Å². The van der Waals surface area contributed by atoms with Gasteiger partial charge in [-0.2, -0.15) is 0 Å². The summed E-state index contributed by atoms with van der Waals surface area (Å²) in [6.07, 6.45) is 4.37. The first-order valence-corrected chi connectivity index (χ1v) is 10.2. The Labute approximate surface area is 170 Å². The SMILES string of the molecule is CC(CC(=O)Nc1ccccc1-c1nc2ccccc2[nH]1)NC(=O)C1CCCC1. The normalized spacial score (nSPS) is 15.3. The van der Waals surface area contributed by atoms with Crippen LogP contribution in [-0.4, -0.2) is 27.8 Å². The molecule has 150 valence electrons. The molecule has 29 heavy (non-hydrogen) atoms. The van der Waals surface area contributed by atoms with Crippen LogP contribution >= 0.6 is 0 Å². The quantitative estimate of drug-likeness (QED) is 0.588. The molecule has 2 amide bonds. The molecule has 1 heterocycles. The minimum Gasteiger partial charge on any atom is -0.353 e. The highest BCUT2D eigenvalue weighted by molar-refractivity contribution is 5.96. The molecule has 3 aromatic rings. The van der Waals surface area contributed by atoms with E-state index in [1.807, 2.05) is 55.5 Å². The van der Waals surface area contributed by atoms with Crippen molar-refractivity contribution in [1.29, 1.82) is 0 Å². The number of para-hydroxylation sites is 3. The molecule has 0 spiro atoms. The molecule has 1 atom stereocenters. The average Bonchev–Trinajstić information content (AvgIpc) is 3.38. The van der Waals surface area contributed by atoms with Crippen molar-refractivity contribution >= 4 is 28.5 Å². The Morgan fingerprint density at radius 2 is 1.83 bits per heavy atom. The van der Waals surface area contributed by atoms with E-state index in [9.17, 15) is 9.59 Å². The van der Waals surface area contributed by atoms with Crippen LogP contribution in [-0.2, 0) is 9.59 Å². The molecule has 1 saturated carbocycles. The van der Waals surface area contributed by atoms with E-state index in [1.54, 1.807) is 0 Å². The van der Waals surface area contributed by atoms with Gasteiger partial charge in [0, 0.05) is 23.9 Å². The molecule has 1 unspecified atom stereocenters. The van der Waals surface area contributed by atoms with Crippen LogP contribution in [0.25, 0.3) is 22.4 Å². The van der Waals surface area contributed by atoms with Crippen LogP contribution in [0.3, 0.4) is 0 Å². The maximum absolute atomic E-state index is 12.6. The van der Waals surface area contributed by atoms with Crippen molar-refractivity contribution in [3.63, 3.8) is 0 Å². The smallest absolute Gasteiger partial charge is 0.226 e. The highest BCUT2D eigenvalue weighted by atomic mass is 16.2. The summed E-state index contributed by atoms with van der Waals surface area (Å²) in [4.78, 5) is 32.8. The van der Waals surface area contributed by atoms with Crippen molar-refractivity contribution in [3.05, 3.63) is 48.5 Å². The van der Waals surface area contributed by atoms with Gasteiger partial charge >= 0.3 is 0 Å². The van der Waals surface area contributed by atoms with Gasteiger partial charge in [0.15, 0.2) is 0 Å². The van der Waals surface area contributed by atoms with Gasteiger partial charge in [-0.05, 0) is 44.0 Å². The van der Waals surface area contributed by atoms with Crippen LogP contribution in [0, 0.1) is 5.92 Å². The number of carbonyl (C=O) groups excluding carboxylic acids is 2. The molecule has 2 aromatic carbocycles. The minimum absolute atomic E-state index is 0.0745. The second kappa shape index (κ2) is 8.47. The first-order valence-electron chi connectivity index (χ1n) is 10.2. The van der Waals surface area contributed by atoms with E-state index in [-0.39, 0.29) is 30.2 Å². The first kappa shape index (κ1) is 19.2. The number of aromatic amines is 1. The molecule has 6 nitrogen and oxygen atoms in total. The largest absolute Gasteiger partial charge is 0.353 e. The fourth-order valence-corrected chi connectivity index (χ4v) is 3.96. The van der Waals surface area contributed by atoms with Gasteiger partial charge in [-0.15, -0.1) is 0 Å². The zero-order chi connectivity index (χ0) is 20.2. The number of hydrogen-bond donors (Lipinski definition) is 3. The van der Waals surface area contributed by atoms with Crippen molar-refractivity contribution in [3.8, 4) is 11.4 Å². The molecule has 0 radical (unpaired) electrons. The van der Waals surface area contributed by atoms with Crippen molar-refractivity contribution in [2.45, 2.75) is 45.1 Å². The van der Waals surface area contributed by atoms with Crippen molar-refractivity contribution in [2.24, 2.45) is 5.92 Å². The fraction of sp³-hybridized carbons (Fsp3) is 0.348. The number of nitrogens with zero attached hydrogens (tertiary/aromatic N) is 1. The highest BCUT2D eigenvalue weighted by Gasteiger charge is 2.24. The van der Waals surface area contributed by atoms with Gasteiger partial charge < -0.3 is 15.6 Å². The summed E-state index contributed by atoms with van der Waals surface area (Å²) in [5, 5.41) is 5.96. The van der Waals surface area contributed by atoms with E-state index < -0.39 is 0 Å². The Bertz CT molecular complexity index is 987. The van der Waals surface area contributed by atoms with Crippen LogP contribution < -0.4 is 10.6 Å². The number of amides is 2. The van der Waals surface area contributed by atoms with Gasteiger partial charge in [0.2, 0.25) is 11.8 Å². The third-order valence-corrected chi connectivity index (χ3v) is 5.45. The number of H-pyrrole nitrogens is 1. The maximum Gasteiger partial charge on any atom is 0.226 e. The topological polar surface area (TPSA) is 86.9 Å². The molecule has 1 aliphatic rings. The molecule has 1 aromatic heterocycles. The Morgan fingerprint density at radius 3 is 2.62 bits per heavy atom. The van der Waals surface area contributed by atoms with Crippen LogP contribution in [0.4, 0.5) is 5.69 Å². The van der Waals surface area contributed by atoms with Gasteiger partial charge in [0.25, 0.3) is 0 Å². The highest BCUT2D eigenvalue weighted by Crippen LogP contribution is 2.28. The number of anilines is 1. The summed E-state index contributed by atoms with van der Waals surface area (Å²) in [6, 6.07) is 15.2. The summed E-state index contributed by atoms with van der Waals surface area (Å²) in [6.45, 7) is 1.87. The second-order valence-corrected chi connectivity index (χ2v) is 7.79. The maximum atomic E-state index is 12.6. The predicted octanol–water partition coefficient (Wildman–Crippen LogP) is 4.25.